The molecule has 0 aliphatic carbocycles. The first kappa shape index (κ1) is 23.7. The van der Waals surface area contributed by atoms with E-state index >= 15 is 0 Å². The summed E-state index contributed by atoms with van der Waals surface area (Å²) in [5, 5.41) is 0. The van der Waals surface area contributed by atoms with E-state index in [2.05, 4.69) is 0 Å². The van der Waals surface area contributed by atoms with Crippen LogP contribution in [-0.2, 0) is 6.18 Å². The number of benzene rings is 3. The van der Waals surface area contributed by atoms with Gasteiger partial charge in [-0.2, -0.15) is 13.2 Å². The third-order valence-corrected chi connectivity index (χ3v) is 6.29. The number of halogens is 3. The molecular weight excluding hydrogens is 471 g/mol. The van der Waals surface area contributed by atoms with Crippen molar-refractivity contribution in [1.82, 2.24) is 9.80 Å². The van der Waals surface area contributed by atoms with Gasteiger partial charge >= 0.3 is 6.18 Å². The number of carbonyl (C=O) groups excluding carboxylic acids is 1. The third-order valence-electron chi connectivity index (χ3n) is 6.29. The van der Waals surface area contributed by atoms with Gasteiger partial charge in [-0.15, -0.1) is 0 Å². The van der Waals surface area contributed by atoms with E-state index in [0.717, 1.165) is 11.6 Å². The van der Waals surface area contributed by atoms with Crippen molar-refractivity contribution in [3.63, 3.8) is 0 Å². The SMILES string of the molecule is COc1cccc2c1Oc1ccccc1N=C2N1CCCN(C(=O)c2ccccc2C(F)(F)F)CC1. The van der Waals surface area contributed by atoms with Crippen molar-refractivity contribution in [1.29, 1.82) is 0 Å². The van der Waals surface area contributed by atoms with Crippen LogP contribution in [0.4, 0.5) is 18.9 Å². The van der Waals surface area contributed by atoms with Crippen LogP contribution in [-0.4, -0.2) is 54.8 Å². The molecule has 0 N–H and O–H groups in total. The summed E-state index contributed by atoms with van der Waals surface area (Å²) in [6, 6.07) is 17.9. The van der Waals surface area contributed by atoms with Crippen LogP contribution < -0.4 is 9.47 Å². The molecule has 1 amide bonds. The molecule has 3 aromatic rings. The molecular formula is C27H24F3N3O3. The van der Waals surface area contributed by atoms with E-state index in [0.29, 0.717) is 54.8 Å². The lowest BCUT2D eigenvalue weighted by Gasteiger charge is -2.26. The molecule has 0 bridgehead atoms. The minimum Gasteiger partial charge on any atom is -0.493 e. The topological polar surface area (TPSA) is 54.4 Å². The monoisotopic (exact) mass is 495 g/mol. The molecule has 2 aliphatic rings. The Labute approximate surface area is 206 Å². The lowest BCUT2D eigenvalue weighted by atomic mass is 10.1. The number of aliphatic imine (C=N–C) groups is 1. The quantitative estimate of drug-likeness (QED) is 0.455. The van der Waals surface area contributed by atoms with E-state index in [1.165, 1.54) is 23.1 Å². The number of nitrogens with zero attached hydrogens (tertiary/aromatic N) is 3. The fraction of sp³-hybridized carbons (Fsp3) is 0.259. The first-order chi connectivity index (χ1) is 17.4. The van der Waals surface area contributed by atoms with Crippen LogP contribution in [0.1, 0.15) is 27.9 Å². The van der Waals surface area contributed by atoms with Crippen LogP contribution in [0.25, 0.3) is 0 Å². The highest BCUT2D eigenvalue weighted by Crippen LogP contribution is 2.42. The number of ether oxygens (including phenoxy) is 2. The molecule has 9 heteroatoms. The van der Waals surface area contributed by atoms with Crippen LogP contribution in [0.5, 0.6) is 17.2 Å². The van der Waals surface area contributed by atoms with Crippen molar-refractivity contribution in [2.45, 2.75) is 12.6 Å². The summed E-state index contributed by atoms with van der Waals surface area (Å²) in [4.78, 5) is 21.6. The van der Waals surface area contributed by atoms with Crippen molar-refractivity contribution in [2.24, 2.45) is 4.99 Å². The van der Waals surface area contributed by atoms with E-state index in [1.807, 2.05) is 47.4 Å². The number of amidine groups is 1. The molecule has 36 heavy (non-hydrogen) atoms. The minimum atomic E-state index is -4.60. The highest BCUT2D eigenvalue weighted by atomic mass is 19.4. The molecule has 0 radical (unpaired) electrons. The number of fused-ring (bicyclic) bond motifs is 2. The fourth-order valence-electron chi connectivity index (χ4n) is 4.54. The maximum atomic E-state index is 13.5. The van der Waals surface area contributed by atoms with Crippen molar-refractivity contribution in [2.75, 3.05) is 33.3 Å². The predicted octanol–water partition coefficient (Wildman–Crippen LogP) is 5.75. The first-order valence-electron chi connectivity index (χ1n) is 11.6. The van der Waals surface area contributed by atoms with Gasteiger partial charge in [0.1, 0.15) is 11.5 Å². The van der Waals surface area contributed by atoms with Gasteiger partial charge in [0.2, 0.25) is 0 Å². The zero-order chi connectivity index (χ0) is 25.3. The summed E-state index contributed by atoms with van der Waals surface area (Å²) < 4.78 is 52.3. The Kier molecular flexibility index (Phi) is 6.30. The van der Waals surface area contributed by atoms with E-state index in [9.17, 15) is 18.0 Å². The van der Waals surface area contributed by atoms with Gasteiger partial charge in [-0.05, 0) is 42.8 Å². The van der Waals surface area contributed by atoms with Gasteiger partial charge in [0.05, 0.1) is 23.8 Å². The lowest BCUT2D eigenvalue weighted by molar-refractivity contribution is -0.138. The molecule has 0 spiro atoms. The number of rotatable bonds is 2. The van der Waals surface area contributed by atoms with E-state index in [-0.39, 0.29) is 12.1 Å². The third kappa shape index (κ3) is 4.48. The Bertz CT molecular complexity index is 1320. The van der Waals surface area contributed by atoms with E-state index < -0.39 is 17.6 Å². The molecule has 0 saturated carbocycles. The summed E-state index contributed by atoms with van der Waals surface area (Å²) in [5.41, 5.74) is 0.150. The molecule has 0 unspecified atom stereocenters. The van der Waals surface area contributed by atoms with Crippen molar-refractivity contribution in [3.05, 3.63) is 83.4 Å². The van der Waals surface area contributed by atoms with Gasteiger partial charge in [-0.1, -0.05) is 30.3 Å². The number of hydrogen-bond acceptors (Lipinski definition) is 5. The van der Waals surface area contributed by atoms with Gasteiger partial charge in [0, 0.05) is 26.2 Å². The number of hydrogen-bond donors (Lipinski definition) is 0. The summed E-state index contributed by atoms with van der Waals surface area (Å²) >= 11 is 0. The normalized spacial score (nSPS) is 15.6. The van der Waals surface area contributed by atoms with Crippen LogP contribution in [0, 0.1) is 0 Å². The number of para-hydroxylation sites is 3. The zero-order valence-electron chi connectivity index (χ0n) is 19.6. The number of carbonyl (C=O) groups is 1. The Morgan fingerprint density at radius 1 is 0.944 bits per heavy atom. The van der Waals surface area contributed by atoms with E-state index in [1.54, 1.807) is 7.11 Å². The van der Waals surface area contributed by atoms with Crippen molar-refractivity contribution in [3.8, 4) is 17.2 Å². The minimum absolute atomic E-state index is 0.256. The van der Waals surface area contributed by atoms with Crippen LogP contribution >= 0.6 is 0 Å². The van der Waals surface area contributed by atoms with Crippen LogP contribution in [0.3, 0.4) is 0 Å². The van der Waals surface area contributed by atoms with Gasteiger partial charge in [-0.25, -0.2) is 4.99 Å². The Hall–Kier alpha value is -4.01. The Morgan fingerprint density at radius 3 is 2.53 bits per heavy atom. The molecule has 1 fully saturated rings. The van der Waals surface area contributed by atoms with Crippen molar-refractivity contribution < 1.29 is 27.4 Å². The van der Waals surface area contributed by atoms with E-state index in [4.69, 9.17) is 14.5 Å². The number of alkyl halides is 3. The molecule has 5 rings (SSSR count). The average molecular weight is 496 g/mol. The fourth-order valence-corrected chi connectivity index (χ4v) is 4.54. The predicted molar refractivity (Wildman–Crippen MR) is 129 cm³/mol. The van der Waals surface area contributed by atoms with Gasteiger partial charge in [0.25, 0.3) is 5.91 Å². The molecule has 6 nitrogen and oxygen atoms in total. The second-order valence-electron chi connectivity index (χ2n) is 8.52. The lowest BCUT2D eigenvalue weighted by Crippen LogP contribution is -2.38. The summed E-state index contributed by atoms with van der Waals surface area (Å²) in [7, 11) is 1.57. The van der Waals surface area contributed by atoms with Gasteiger partial charge in [-0.3, -0.25) is 4.79 Å². The summed E-state index contributed by atoms with van der Waals surface area (Å²) in [5.74, 6) is 1.74. The summed E-state index contributed by atoms with van der Waals surface area (Å²) in [6.45, 7) is 1.57. The zero-order valence-corrected chi connectivity index (χ0v) is 19.6. The largest absolute Gasteiger partial charge is 0.493 e. The first-order valence-corrected chi connectivity index (χ1v) is 11.6. The van der Waals surface area contributed by atoms with Crippen LogP contribution in [0.2, 0.25) is 0 Å². The Morgan fingerprint density at radius 2 is 1.72 bits per heavy atom. The molecule has 1 saturated heterocycles. The second kappa shape index (κ2) is 9.56. The summed E-state index contributed by atoms with van der Waals surface area (Å²) in [6.07, 6.45) is -4.03. The highest BCUT2D eigenvalue weighted by molar-refractivity contribution is 6.04. The molecule has 2 heterocycles. The molecule has 0 atom stereocenters. The van der Waals surface area contributed by atoms with Gasteiger partial charge in [0.15, 0.2) is 17.2 Å². The smallest absolute Gasteiger partial charge is 0.417 e. The number of amides is 1. The molecule has 2 aliphatic heterocycles. The van der Waals surface area contributed by atoms with Crippen LogP contribution in [0.15, 0.2) is 71.7 Å². The Balaban J connectivity index is 1.46. The molecule has 3 aromatic carbocycles. The maximum Gasteiger partial charge on any atom is 0.417 e. The standard InChI is InChI=1S/C27H24F3N3O3/c1-35-23-13-6-9-19-24(23)36-22-12-5-4-11-21(22)31-25(19)32-14-7-15-33(17-16-32)26(34)18-8-2-3-10-20(18)27(28,29)30/h2-6,8-13H,7,14-17H2,1H3. The number of methoxy groups -OCH3 is 1. The highest BCUT2D eigenvalue weighted by Gasteiger charge is 2.36. The van der Waals surface area contributed by atoms with Crippen molar-refractivity contribution >= 4 is 17.4 Å². The second-order valence-corrected chi connectivity index (χ2v) is 8.52. The van der Waals surface area contributed by atoms with Gasteiger partial charge < -0.3 is 19.3 Å². The molecule has 186 valence electrons. The molecule has 0 aromatic heterocycles. The average Bonchev–Trinajstić information content (AvgIpc) is 3.22. The maximum absolute atomic E-state index is 13.5.